The van der Waals surface area contributed by atoms with Crippen molar-refractivity contribution in [3.05, 3.63) is 69.1 Å². The fraction of sp³-hybridized carbons (Fsp3) is 0.500. The molecule has 4 heteroatoms. The average molecular weight is 352 g/mol. The van der Waals surface area contributed by atoms with Gasteiger partial charge in [0.1, 0.15) is 6.23 Å². The normalized spacial score (nSPS) is 23.9. The van der Waals surface area contributed by atoms with E-state index in [1.165, 1.54) is 11.1 Å². The van der Waals surface area contributed by atoms with E-state index < -0.39 is 6.23 Å². The van der Waals surface area contributed by atoms with E-state index in [9.17, 15) is 9.90 Å². The van der Waals surface area contributed by atoms with E-state index in [2.05, 4.69) is 47.6 Å². The predicted molar refractivity (Wildman–Crippen MR) is 103 cm³/mol. The van der Waals surface area contributed by atoms with Crippen LogP contribution in [0.15, 0.2) is 41.2 Å². The molecule has 3 N–H and O–H groups in total. The number of rotatable bonds is 6. The number of hydrogen-bond acceptors (Lipinski definition) is 3. The number of aliphatic hydroxyl groups excluding tert-OH is 1. The molecule has 4 rings (SSSR count). The molecule has 3 atom stereocenters. The van der Waals surface area contributed by atoms with Crippen LogP contribution in [-0.2, 0) is 6.42 Å². The number of aryl methyl sites for hydroxylation is 1. The van der Waals surface area contributed by atoms with E-state index in [1.54, 1.807) is 0 Å². The maximum Gasteiger partial charge on any atom is 0.251 e. The Labute approximate surface area is 154 Å². The zero-order chi connectivity index (χ0) is 18.1. The molecule has 2 heterocycles. The van der Waals surface area contributed by atoms with Gasteiger partial charge in [0.05, 0.1) is 0 Å². The molecule has 0 spiro atoms. The summed E-state index contributed by atoms with van der Waals surface area (Å²) in [6.07, 6.45) is 5.52. The van der Waals surface area contributed by atoms with Crippen LogP contribution in [0.2, 0.25) is 0 Å². The van der Waals surface area contributed by atoms with Gasteiger partial charge in [-0.3, -0.25) is 10.1 Å². The highest BCUT2D eigenvalue weighted by molar-refractivity contribution is 5.33. The SMILES string of the molecule is CCc1ccc(C(C[C@H]2CCC(O)N2)c2ccc(C3CC3)c(=O)[nH]2)cc1. The van der Waals surface area contributed by atoms with Gasteiger partial charge in [0.25, 0.3) is 5.56 Å². The summed E-state index contributed by atoms with van der Waals surface area (Å²) in [5, 5.41) is 13.1. The maximum absolute atomic E-state index is 12.5. The van der Waals surface area contributed by atoms with Crippen LogP contribution >= 0.6 is 0 Å². The number of aromatic nitrogens is 1. The van der Waals surface area contributed by atoms with E-state index in [0.717, 1.165) is 49.8 Å². The lowest BCUT2D eigenvalue weighted by Gasteiger charge is -2.22. The highest BCUT2D eigenvalue weighted by atomic mass is 16.3. The third-order valence-corrected chi connectivity index (χ3v) is 5.88. The van der Waals surface area contributed by atoms with Crippen molar-refractivity contribution >= 4 is 0 Å². The molecule has 4 nitrogen and oxygen atoms in total. The fourth-order valence-electron chi connectivity index (χ4n) is 4.12. The first-order valence-corrected chi connectivity index (χ1v) is 9.90. The Morgan fingerprint density at radius 1 is 1.08 bits per heavy atom. The van der Waals surface area contributed by atoms with Crippen molar-refractivity contribution in [1.82, 2.24) is 10.3 Å². The highest BCUT2D eigenvalue weighted by Crippen LogP contribution is 2.38. The molecule has 1 aliphatic carbocycles. The van der Waals surface area contributed by atoms with E-state index in [0.29, 0.717) is 5.92 Å². The lowest BCUT2D eigenvalue weighted by molar-refractivity contribution is 0.153. The first-order chi connectivity index (χ1) is 12.6. The molecule has 0 amide bonds. The number of pyridine rings is 1. The number of H-pyrrole nitrogens is 1. The second kappa shape index (κ2) is 7.37. The van der Waals surface area contributed by atoms with Gasteiger partial charge in [-0.1, -0.05) is 37.3 Å². The summed E-state index contributed by atoms with van der Waals surface area (Å²) in [6, 6.07) is 13.1. The molecule has 0 bridgehead atoms. The van der Waals surface area contributed by atoms with Crippen LogP contribution in [0.1, 0.15) is 73.2 Å². The van der Waals surface area contributed by atoms with E-state index >= 15 is 0 Å². The molecular formula is C22H28N2O2. The molecule has 2 aromatic rings. The quantitative estimate of drug-likeness (QED) is 0.746. The molecule has 1 saturated heterocycles. The standard InChI is InChI=1S/C22H28N2O2/c1-2-14-3-5-16(6-4-14)19(13-17-9-12-21(25)23-17)20-11-10-18(15-7-8-15)22(26)24-20/h3-6,10-11,15,17,19,21,23,25H,2,7-9,12-13H2,1H3,(H,24,26)/t17-,19?,21?/m1/s1. The van der Waals surface area contributed by atoms with Crippen molar-refractivity contribution in [3.8, 4) is 0 Å². The molecule has 2 aliphatic rings. The minimum atomic E-state index is -0.403. The van der Waals surface area contributed by atoms with Crippen LogP contribution in [0.4, 0.5) is 0 Å². The smallest absolute Gasteiger partial charge is 0.251 e. The number of benzene rings is 1. The Balaban J connectivity index is 1.64. The van der Waals surface area contributed by atoms with Crippen molar-refractivity contribution in [3.63, 3.8) is 0 Å². The molecule has 2 unspecified atom stereocenters. The average Bonchev–Trinajstić information content (AvgIpc) is 3.41. The Kier molecular flexibility index (Phi) is 4.96. The van der Waals surface area contributed by atoms with Gasteiger partial charge in [-0.25, -0.2) is 0 Å². The number of aliphatic hydroxyl groups is 1. The molecule has 2 fully saturated rings. The largest absolute Gasteiger partial charge is 0.379 e. The van der Waals surface area contributed by atoms with E-state index in [-0.39, 0.29) is 17.5 Å². The zero-order valence-corrected chi connectivity index (χ0v) is 15.4. The number of aromatic amines is 1. The molecule has 0 radical (unpaired) electrons. The molecule has 138 valence electrons. The van der Waals surface area contributed by atoms with Gasteiger partial charge < -0.3 is 10.1 Å². The Morgan fingerprint density at radius 3 is 2.42 bits per heavy atom. The van der Waals surface area contributed by atoms with Gasteiger partial charge in [0.2, 0.25) is 0 Å². The predicted octanol–water partition coefficient (Wildman–Crippen LogP) is 3.41. The van der Waals surface area contributed by atoms with Crippen molar-refractivity contribution in [2.24, 2.45) is 0 Å². The Hall–Kier alpha value is -1.91. The van der Waals surface area contributed by atoms with Crippen LogP contribution in [0, 0.1) is 0 Å². The summed E-state index contributed by atoms with van der Waals surface area (Å²) < 4.78 is 0. The van der Waals surface area contributed by atoms with Crippen LogP contribution in [-0.4, -0.2) is 22.4 Å². The summed E-state index contributed by atoms with van der Waals surface area (Å²) in [7, 11) is 0. The lowest BCUT2D eigenvalue weighted by Crippen LogP contribution is -2.31. The molecule has 26 heavy (non-hydrogen) atoms. The van der Waals surface area contributed by atoms with Crippen molar-refractivity contribution in [2.75, 3.05) is 0 Å². The van der Waals surface area contributed by atoms with Crippen LogP contribution in [0.25, 0.3) is 0 Å². The third-order valence-electron chi connectivity index (χ3n) is 5.88. The number of hydrogen-bond donors (Lipinski definition) is 3. The second-order valence-corrected chi connectivity index (χ2v) is 7.81. The summed E-state index contributed by atoms with van der Waals surface area (Å²) in [5.74, 6) is 0.589. The zero-order valence-electron chi connectivity index (χ0n) is 15.4. The topological polar surface area (TPSA) is 65.1 Å². The van der Waals surface area contributed by atoms with Crippen LogP contribution in [0.5, 0.6) is 0 Å². The lowest BCUT2D eigenvalue weighted by atomic mass is 9.87. The van der Waals surface area contributed by atoms with Gasteiger partial charge in [-0.05, 0) is 61.6 Å². The maximum atomic E-state index is 12.5. The summed E-state index contributed by atoms with van der Waals surface area (Å²) in [5.41, 5.74) is 4.52. The fourth-order valence-corrected chi connectivity index (χ4v) is 4.12. The van der Waals surface area contributed by atoms with Crippen molar-refractivity contribution in [2.45, 2.75) is 69.6 Å². The molecule has 1 aromatic heterocycles. The molecule has 1 aliphatic heterocycles. The molecule has 1 aromatic carbocycles. The van der Waals surface area contributed by atoms with Crippen LogP contribution in [0.3, 0.4) is 0 Å². The van der Waals surface area contributed by atoms with E-state index in [4.69, 9.17) is 0 Å². The third kappa shape index (κ3) is 3.76. The molecular weight excluding hydrogens is 324 g/mol. The minimum Gasteiger partial charge on any atom is -0.379 e. The summed E-state index contributed by atoms with van der Waals surface area (Å²) in [4.78, 5) is 15.7. The monoisotopic (exact) mass is 352 g/mol. The first-order valence-electron chi connectivity index (χ1n) is 9.90. The van der Waals surface area contributed by atoms with Crippen molar-refractivity contribution in [1.29, 1.82) is 0 Å². The number of nitrogens with one attached hydrogen (secondary N) is 2. The Bertz CT molecular complexity index is 808. The van der Waals surface area contributed by atoms with Crippen LogP contribution < -0.4 is 10.9 Å². The van der Waals surface area contributed by atoms with Gasteiger partial charge in [0, 0.05) is 23.2 Å². The van der Waals surface area contributed by atoms with Gasteiger partial charge in [0.15, 0.2) is 0 Å². The van der Waals surface area contributed by atoms with Gasteiger partial charge in [-0.15, -0.1) is 0 Å². The first kappa shape index (κ1) is 17.5. The molecule has 1 saturated carbocycles. The summed E-state index contributed by atoms with van der Waals surface area (Å²) in [6.45, 7) is 2.16. The second-order valence-electron chi connectivity index (χ2n) is 7.81. The highest BCUT2D eigenvalue weighted by Gasteiger charge is 2.29. The minimum absolute atomic E-state index is 0.0691. The summed E-state index contributed by atoms with van der Waals surface area (Å²) >= 11 is 0. The van der Waals surface area contributed by atoms with Gasteiger partial charge >= 0.3 is 0 Å². The Morgan fingerprint density at radius 2 is 1.85 bits per heavy atom. The van der Waals surface area contributed by atoms with E-state index in [1.807, 2.05) is 6.07 Å². The van der Waals surface area contributed by atoms with Gasteiger partial charge in [-0.2, -0.15) is 0 Å². The van der Waals surface area contributed by atoms with Crippen molar-refractivity contribution < 1.29 is 5.11 Å².